The van der Waals surface area contributed by atoms with E-state index in [0.29, 0.717) is 47.3 Å². The number of nitrogens with zero attached hydrogens (tertiary/aromatic N) is 6. The summed E-state index contributed by atoms with van der Waals surface area (Å²) in [7, 11) is 0. The summed E-state index contributed by atoms with van der Waals surface area (Å²) >= 11 is 0. The normalized spacial score (nSPS) is 16.9. The number of ether oxygens (including phenoxy) is 2. The maximum absolute atomic E-state index is 13.3. The molecule has 0 atom stereocenters. The lowest BCUT2D eigenvalue weighted by Gasteiger charge is -2.53. The van der Waals surface area contributed by atoms with Gasteiger partial charge in [-0.3, -0.25) is 9.20 Å². The number of amides is 1. The number of hydrogen-bond acceptors (Lipinski definition) is 8. The van der Waals surface area contributed by atoms with E-state index in [9.17, 15) is 18.0 Å². The Labute approximate surface area is 259 Å². The van der Waals surface area contributed by atoms with Crippen molar-refractivity contribution in [3.05, 3.63) is 97.0 Å². The van der Waals surface area contributed by atoms with Crippen molar-refractivity contribution in [1.29, 1.82) is 0 Å². The van der Waals surface area contributed by atoms with Gasteiger partial charge in [0.25, 0.3) is 0 Å². The van der Waals surface area contributed by atoms with Crippen LogP contribution in [0.15, 0.2) is 91.4 Å². The Balaban J connectivity index is 1.22. The number of pyridine rings is 2. The largest absolute Gasteiger partial charge is 0.471 e. The van der Waals surface area contributed by atoms with Crippen LogP contribution in [0.1, 0.15) is 18.4 Å². The quantitative estimate of drug-likeness (QED) is 0.269. The molecule has 0 radical (unpaired) electrons. The molecule has 2 fully saturated rings. The maximum atomic E-state index is 13.3. The minimum absolute atomic E-state index is 0.0645. The topological polar surface area (TPSA) is 116 Å². The van der Waals surface area contributed by atoms with E-state index in [1.807, 2.05) is 53.1 Å². The molecule has 4 aromatic heterocycles. The van der Waals surface area contributed by atoms with E-state index < -0.39 is 23.4 Å². The first-order chi connectivity index (χ1) is 22.2. The zero-order valence-corrected chi connectivity index (χ0v) is 24.0. The minimum Gasteiger partial charge on any atom is -0.347 e. The molecule has 2 aromatic carbocycles. The first kappa shape index (κ1) is 28.2. The molecule has 1 amide bonds. The van der Waals surface area contributed by atoms with Crippen LogP contribution < -0.4 is 5.32 Å². The van der Waals surface area contributed by atoms with Crippen molar-refractivity contribution in [2.75, 3.05) is 13.2 Å². The van der Waals surface area contributed by atoms with Gasteiger partial charge in [0.15, 0.2) is 17.3 Å². The van der Waals surface area contributed by atoms with Crippen molar-refractivity contribution < 1.29 is 27.4 Å². The Bertz CT molecular complexity index is 2090. The zero-order valence-electron chi connectivity index (χ0n) is 24.0. The fraction of sp³-hybridized carbons (Fsp3) is 0.212. The molecule has 46 heavy (non-hydrogen) atoms. The van der Waals surface area contributed by atoms with Crippen molar-refractivity contribution in [2.45, 2.75) is 30.3 Å². The summed E-state index contributed by atoms with van der Waals surface area (Å²) in [6, 6.07) is 22.4. The predicted molar refractivity (Wildman–Crippen MR) is 160 cm³/mol. The lowest BCUT2D eigenvalue weighted by Crippen LogP contribution is -2.65. The first-order valence-electron chi connectivity index (χ1n) is 14.5. The van der Waals surface area contributed by atoms with Gasteiger partial charge in [0.1, 0.15) is 0 Å². The van der Waals surface area contributed by atoms with E-state index in [2.05, 4.69) is 25.5 Å². The van der Waals surface area contributed by atoms with Crippen LogP contribution in [0.25, 0.3) is 50.6 Å². The van der Waals surface area contributed by atoms with Crippen LogP contribution >= 0.6 is 0 Å². The smallest absolute Gasteiger partial charge is 0.347 e. The molecule has 1 aliphatic heterocycles. The van der Waals surface area contributed by atoms with Gasteiger partial charge < -0.3 is 14.8 Å². The third-order valence-corrected chi connectivity index (χ3v) is 8.50. The molecule has 1 saturated heterocycles. The zero-order chi connectivity index (χ0) is 31.5. The van der Waals surface area contributed by atoms with E-state index in [1.165, 1.54) is 0 Å². The van der Waals surface area contributed by atoms with Crippen molar-refractivity contribution >= 4 is 22.5 Å². The molecule has 2 aliphatic rings. The van der Waals surface area contributed by atoms with Gasteiger partial charge in [0.05, 0.1) is 30.0 Å². The number of aromatic nitrogens is 6. The summed E-state index contributed by atoms with van der Waals surface area (Å²) in [6.45, 7) is 0.696. The molecule has 230 valence electrons. The molecule has 1 spiro atoms. The summed E-state index contributed by atoms with van der Waals surface area (Å²) in [4.78, 5) is 25.8. The van der Waals surface area contributed by atoms with Gasteiger partial charge in [0.2, 0.25) is 5.82 Å². The number of halogens is 3. The molecule has 10 nitrogen and oxygen atoms in total. The summed E-state index contributed by atoms with van der Waals surface area (Å²) in [5, 5.41) is 11.8. The number of fused-ring (bicyclic) bond motifs is 3. The second-order valence-corrected chi connectivity index (χ2v) is 11.4. The van der Waals surface area contributed by atoms with Gasteiger partial charge in [-0.2, -0.15) is 13.2 Å². The fourth-order valence-corrected chi connectivity index (χ4v) is 6.39. The number of nitrogens with one attached hydrogen (secondary N) is 1. The molecule has 8 rings (SSSR count). The molecule has 0 unspecified atom stereocenters. The van der Waals surface area contributed by atoms with Gasteiger partial charge in [-0.1, -0.05) is 54.6 Å². The second-order valence-electron chi connectivity index (χ2n) is 11.4. The van der Waals surface area contributed by atoms with Crippen LogP contribution in [0.3, 0.4) is 0 Å². The summed E-state index contributed by atoms with van der Waals surface area (Å²) < 4.78 is 53.2. The molecular weight excluding hydrogens is 599 g/mol. The molecular formula is C33H24F3N7O3. The Morgan fingerprint density at radius 3 is 2.28 bits per heavy atom. The third kappa shape index (κ3) is 4.66. The van der Waals surface area contributed by atoms with Crippen LogP contribution in [-0.4, -0.2) is 60.6 Å². The fourth-order valence-electron chi connectivity index (χ4n) is 6.39. The molecule has 1 N–H and O–H groups in total. The standard InChI is InChI=1S/C33H24F3N7O3/c34-33(35,36)30(44)40-31(18-32(19-31)45-15-16-46-32)22-9-7-21(8-10-22)26-23(20-5-2-1-3-6-20)17-24-25(39-26)11-14-43-28(24)41-42-29(43)27-37-12-4-13-38-27/h1-14,17H,15-16,18-19H2,(H,40,44). The second kappa shape index (κ2) is 10.4. The highest BCUT2D eigenvalue weighted by Gasteiger charge is 2.61. The van der Waals surface area contributed by atoms with E-state index in [4.69, 9.17) is 14.5 Å². The average molecular weight is 624 g/mol. The number of carbonyl (C=O) groups excluding carboxylic acids is 1. The highest BCUT2D eigenvalue weighted by Crippen LogP contribution is 2.53. The van der Waals surface area contributed by atoms with Crippen LogP contribution in [-0.2, 0) is 19.8 Å². The van der Waals surface area contributed by atoms with Crippen LogP contribution in [0.4, 0.5) is 13.2 Å². The number of benzene rings is 2. The van der Waals surface area contributed by atoms with Gasteiger partial charge >= 0.3 is 12.1 Å². The molecule has 1 aliphatic carbocycles. The number of alkyl halides is 3. The van der Waals surface area contributed by atoms with E-state index in [1.54, 1.807) is 42.7 Å². The van der Waals surface area contributed by atoms with Gasteiger partial charge in [-0.25, -0.2) is 15.0 Å². The van der Waals surface area contributed by atoms with Crippen molar-refractivity contribution in [2.24, 2.45) is 0 Å². The Morgan fingerprint density at radius 2 is 1.59 bits per heavy atom. The van der Waals surface area contributed by atoms with E-state index in [-0.39, 0.29) is 12.8 Å². The molecule has 1 saturated carbocycles. The Kier molecular flexibility index (Phi) is 6.38. The maximum Gasteiger partial charge on any atom is 0.471 e. The molecule has 0 bridgehead atoms. The highest BCUT2D eigenvalue weighted by atomic mass is 19.4. The summed E-state index contributed by atoms with van der Waals surface area (Å²) in [5.74, 6) is -2.07. The van der Waals surface area contributed by atoms with Crippen molar-refractivity contribution in [3.63, 3.8) is 0 Å². The van der Waals surface area contributed by atoms with Crippen LogP contribution in [0.2, 0.25) is 0 Å². The molecule has 6 aromatic rings. The third-order valence-electron chi connectivity index (χ3n) is 8.50. The van der Waals surface area contributed by atoms with Crippen molar-refractivity contribution in [1.82, 2.24) is 34.9 Å². The van der Waals surface area contributed by atoms with E-state index in [0.717, 1.165) is 22.1 Å². The summed E-state index contributed by atoms with van der Waals surface area (Å²) in [6.07, 6.45) is 0.199. The molecule has 13 heteroatoms. The highest BCUT2D eigenvalue weighted by molar-refractivity contribution is 5.98. The van der Waals surface area contributed by atoms with E-state index >= 15 is 0 Å². The Morgan fingerprint density at radius 1 is 0.870 bits per heavy atom. The first-order valence-corrected chi connectivity index (χ1v) is 14.5. The lowest BCUT2D eigenvalue weighted by atomic mass is 9.67. The number of rotatable bonds is 5. The van der Waals surface area contributed by atoms with Crippen molar-refractivity contribution in [3.8, 4) is 34.0 Å². The average Bonchev–Trinajstić information content (AvgIpc) is 3.72. The minimum atomic E-state index is -5.03. The monoisotopic (exact) mass is 623 g/mol. The van der Waals surface area contributed by atoms with Gasteiger partial charge in [0, 0.05) is 47.9 Å². The number of hydrogen-bond donors (Lipinski definition) is 1. The predicted octanol–water partition coefficient (Wildman–Crippen LogP) is 5.48. The molecule has 5 heterocycles. The summed E-state index contributed by atoms with van der Waals surface area (Å²) in [5.41, 5.74) is 3.62. The van der Waals surface area contributed by atoms with Crippen LogP contribution in [0, 0.1) is 0 Å². The Hall–Kier alpha value is -5.27. The lowest BCUT2D eigenvalue weighted by molar-refractivity contribution is -0.249. The van der Waals surface area contributed by atoms with Crippen LogP contribution in [0.5, 0.6) is 0 Å². The van der Waals surface area contributed by atoms with Gasteiger partial charge in [-0.15, -0.1) is 10.2 Å². The van der Waals surface area contributed by atoms with Gasteiger partial charge in [-0.05, 0) is 29.3 Å². The number of carbonyl (C=O) groups is 1. The SMILES string of the molecule is O=C(NC1(c2ccc(-c3nc4ccn5c(-c6ncccn6)nnc5c4cc3-c3ccccc3)cc2)CC2(C1)OCCO2)C(F)(F)F.